The molecule has 1 fully saturated rings. The van der Waals surface area contributed by atoms with Crippen LogP contribution in [0.1, 0.15) is 34.1 Å². The Balaban J connectivity index is 1.85. The summed E-state index contributed by atoms with van der Waals surface area (Å²) in [6.07, 6.45) is 3.09. The first-order chi connectivity index (χ1) is 9.70. The molecule has 0 bridgehead atoms. The van der Waals surface area contributed by atoms with Crippen LogP contribution in [0.3, 0.4) is 0 Å². The van der Waals surface area contributed by atoms with Crippen molar-refractivity contribution in [2.24, 2.45) is 17.3 Å². The van der Waals surface area contributed by atoms with E-state index in [0.29, 0.717) is 19.6 Å². The Bertz CT molecular complexity index is 459. The van der Waals surface area contributed by atoms with Crippen LogP contribution in [0.2, 0.25) is 0 Å². The molecule has 5 heteroatoms. The van der Waals surface area contributed by atoms with Crippen LogP contribution in [-0.4, -0.2) is 53.1 Å². The molecule has 0 spiro atoms. The molecule has 0 aromatic rings. The molecule has 1 unspecified atom stereocenters. The molecule has 5 nitrogen and oxygen atoms in total. The lowest BCUT2D eigenvalue weighted by Gasteiger charge is -2.44. The van der Waals surface area contributed by atoms with Gasteiger partial charge in [-0.15, -0.1) is 0 Å². The summed E-state index contributed by atoms with van der Waals surface area (Å²) in [5, 5.41) is 8.97. The van der Waals surface area contributed by atoms with Crippen LogP contribution in [0.5, 0.6) is 0 Å². The molecular weight excluding hydrogens is 268 g/mol. The molecule has 0 radical (unpaired) electrons. The molecule has 1 N–H and O–H groups in total. The predicted octanol–water partition coefficient (Wildman–Crippen LogP) is 2.44. The van der Waals surface area contributed by atoms with Crippen LogP contribution in [0.25, 0.3) is 0 Å². The molecule has 1 atom stereocenters. The van der Waals surface area contributed by atoms with Gasteiger partial charge in [-0.25, -0.2) is 4.79 Å². The van der Waals surface area contributed by atoms with Crippen LogP contribution in [0, 0.1) is 17.3 Å². The molecule has 2 aliphatic heterocycles. The van der Waals surface area contributed by atoms with E-state index in [0.717, 1.165) is 13.0 Å². The maximum Gasteiger partial charge on any atom is 0.320 e. The minimum absolute atomic E-state index is 0.0491. The van der Waals surface area contributed by atoms with E-state index in [2.05, 4.69) is 26.8 Å². The van der Waals surface area contributed by atoms with Gasteiger partial charge in [0.1, 0.15) is 0 Å². The topological polar surface area (TPSA) is 60.9 Å². The Labute approximate surface area is 126 Å². The van der Waals surface area contributed by atoms with Gasteiger partial charge >= 0.3 is 12.0 Å². The van der Waals surface area contributed by atoms with E-state index in [9.17, 15) is 9.59 Å². The van der Waals surface area contributed by atoms with E-state index < -0.39 is 5.97 Å². The average Bonchev–Trinajstić information content (AvgIpc) is 2.35. The van der Waals surface area contributed by atoms with Crippen molar-refractivity contribution in [1.82, 2.24) is 9.80 Å². The number of nitrogens with zero attached hydrogens (tertiary/aromatic N) is 2. The first kappa shape index (κ1) is 15.9. The SMILES string of the molecule is CC(C(=O)O)C1CN(C(=O)N2CC=C(C(C)(C)C)CC2)C1. The lowest BCUT2D eigenvalue weighted by Crippen LogP contribution is -2.57. The molecule has 0 aliphatic carbocycles. The third-order valence-electron chi connectivity index (χ3n) is 4.72. The molecule has 118 valence electrons. The van der Waals surface area contributed by atoms with Crippen molar-refractivity contribution >= 4 is 12.0 Å². The van der Waals surface area contributed by atoms with Crippen LogP contribution in [0.4, 0.5) is 4.79 Å². The Kier molecular flexibility index (Phi) is 4.30. The Morgan fingerprint density at radius 1 is 1.29 bits per heavy atom. The van der Waals surface area contributed by atoms with Crippen LogP contribution < -0.4 is 0 Å². The van der Waals surface area contributed by atoms with Crippen LogP contribution in [-0.2, 0) is 4.79 Å². The molecule has 21 heavy (non-hydrogen) atoms. The number of urea groups is 1. The lowest BCUT2D eigenvalue weighted by molar-refractivity contribution is -0.144. The van der Waals surface area contributed by atoms with Gasteiger partial charge in [0.15, 0.2) is 0 Å². The number of hydrogen-bond donors (Lipinski definition) is 1. The molecular formula is C16H26N2O3. The van der Waals surface area contributed by atoms with E-state index in [1.807, 2.05) is 4.90 Å². The molecule has 1 saturated heterocycles. The molecule has 2 aliphatic rings. The third-order valence-corrected chi connectivity index (χ3v) is 4.72. The Hall–Kier alpha value is -1.52. The molecule has 0 aromatic heterocycles. The number of carboxylic acids is 1. The fourth-order valence-electron chi connectivity index (χ4n) is 2.91. The first-order valence-electron chi connectivity index (χ1n) is 7.66. The fraction of sp³-hybridized carbons (Fsp3) is 0.750. The van der Waals surface area contributed by atoms with Gasteiger partial charge in [-0.1, -0.05) is 39.3 Å². The average molecular weight is 294 g/mol. The van der Waals surface area contributed by atoms with Gasteiger partial charge < -0.3 is 14.9 Å². The van der Waals surface area contributed by atoms with E-state index in [-0.39, 0.29) is 23.3 Å². The van der Waals surface area contributed by atoms with Crippen molar-refractivity contribution in [2.45, 2.75) is 34.1 Å². The summed E-state index contributed by atoms with van der Waals surface area (Å²) in [7, 11) is 0. The summed E-state index contributed by atoms with van der Waals surface area (Å²) in [6.45, 7) is 10.9. The van der Waals surface area contributed by atoms with Gasteiger partial charge in [0.05, 0.1) is 5.92 Å². The van der Waals surface area contributed by atoms with Crippen LogP contribution >= 0.6 is 0 Å². The summed E-state index contributed by atoms with van der Waals surface area (Å²) >= 11 is 0. The maximum absolute atomic E-state index is 12.3. The number of amides is 2. The summed E-state index contributed by atoms with van der Waals surface area (Å²) in [5.74, 6) is -1.05. The smallest absolute Gasteiger partial charge is 0.320 e. The largest absolute Gasteiger partial charge is 0.481 e. The van der Waals surface area contributed by atoms with Gasteiger partial charge in [-0.2, -0.15) is 0 Å². The van der Waals surface area contributed by atoms with Gasteiger partial charge in [0.2, 0.25) is 0 Å². The monoisotopic (exact) mass is 294 g/mol. The number of carboxylic acid groups (broad SMARTS) is 1. The molecule has 2 amide bonds. The van der Waals surface area contributed by atoms with E-state index in [1.54, 1.807) is 11.8 Å². The van der Waals surface area contributed by atoms with Crippen molar-refractivity contribution in [3.63, 3.8) is 0 Å². The summed E-state index contributed by atoms with van der Waals surface area (Å²) in [6, 6.07) is 0.0491. The van der Waals surface area contributed by atoms with E-state index >= 15 is 0 Å². The first-order valence-corrected chi connectivity index (χ1v) is 7.66. The standard InChI is InChI=1S/C16H26N2O3/c1-11(14(19)20)12-9-18(10-12)15(21)17-7-5-13(6-8-17)16(2,3)4/h5,11-12H,6-10H2,1-4H3,(H,19,20). The van der Waals surface area contributed by atoms with Gasteiger partial charge in [-0.3, -0.25) is 4.79 Å². The minimum atomic E-state index is -0.775. The number of likely N-dealkylation sites (tertiary alicyclic amines) is 1. The summed E-state index contributed by atoms with van der Waals surface area (Å²) in [5.41, 5.74) is 1.58. The van der Waals surface area contributed by atoms with Crippen molar-refractivity contribution in [2.75, 3.05) is 26.2 Å². The third kappa shape index (κ3) is 3.39. The van der Waals surface area contributed by atoms with E-state index in [4.69, 9.17) is 5.11 Å². The van der Waals surface area contributed by atoms with Crippen LogP contribution in [0.15, 0.2) is 11.6 Å². The molecule has 2 rings (SSSR count). The van der Waals surface area contributed by atoms with Crippen molar-refractivity contribution in [1.29, 1.82) is 0 Å². The number of rotatable bonds is 2. The van der Waals surface area contributed by atoms with E-state index in [1.165, 1.54) is 5.57 Å². The Morgan fingerprint density at radius 2 is 1.90 bits per heavy atom. The highest BCUT2D eigenvalue weighted by Gasteiger charge is 2.39. The quantitative estimate of drug-likeness (QED) is 0.796. The van der Waals surface area contributed by atoms with Gasteiger partial charge in [0.25, 0.3) is 0 Å². The summed E-state index contributed by atoms with van der Waals surface area (Å²) < 4.78 is 0. The second-order valence-electron chi connectivity index (χ2n) is 7.25. The van der Waals surface area contributed by atoms with Gasteiger partial charge in [-0.05, 0) is 11.8 Å². The molecule has 2 heterocycles. The van der Waals surface area contributed by atoms with Crippen molar-refractivity contribution in [3.05, 3.63) is 11.6 Å². The number of carbonyl (C=O) groups is 2. The van der Waals surface area contributed by atoms with Crippen molar-refractivity contribution < 1.29 is 14.7 Å². The fourth-order valence-corrected chi connectivity index (χ4v) is 2.91. The normalized spacial score (nSPS) is 21.6. The molecule has 0 saturated carbocycles. The Morgan fingerprint density at radius 3 is 2.33 bits per heavy atom. The van der Waals surface area contributed by atoms with Crippen molar-refractivity contribution in [3.8, 4) is 0 Å². The second kappa shape index (κ2) is 5.70. The zero-order valence-corrected chi connectivity index (χ0v) is 13.4. The van der Waals surface area contributed by atoms with Gasteiger partial charge in [0, 0.05) is 32.1 Å². The second-order valence-corrected chi connectivity index (χ2v) is 7.25. The number of carbonyl (C=O) groups excluding carboxylic acids is 1. The highest BCUT2D eigenvalue weighted by molar-refractivity contribution is 5.76. The zero-order chi connectivity index (χ0) is 15.8. The minimum Gasteiger partial charge on any atom is -0.481 e. The lowest BCUT2D eigenvalue weighted by atomic mass is 9.83. The number of hydrogen-bond acceptors (Lipinski definition) is 2. The predicted molar refractivity (Wildman–Crippen MR) is 81.0 cm³/mol. The highest BCUT2D eigenvalue weighted by atomic mass is 16.4. The summed E-state index contributed by atoms with van der Waals surface area (Å²) in [4.78, 5) is 26.9. The molecule has 0 aromatic carbocycles. The zero-order valence-electron chi connectivity index (χ0n) is 13.4. The number of aliphatic carboxylic acids is 1. The highest BCUT2D eigenvalue weighted by Crippen LogP contribution is 2.31. The maximum atomic E-state index is 12.3.